The van der Waals surface area contributed by atoms with Crippen molar-refractivity contribution in [1.29, 1.82) is 0 Å². The van der Waals surface area contributed by atoms with Gasteiger partial charge in [-0.05, 0) is 12.5 Å². The van der Waals surface area contributed by atoms with Gasteiger partial charge in [0.1, 0.15) is 0 Å². The van der Waals surface area contributed by atoms with Crippen molar-refractivity contribution < 1.29 is 4.79 Å². The molecule has 0 radical (unpaired) electrons. The van der Waals surface area contributed by atoms with Crippen LogP contribution in [-0.4, -0.2) is 5.91 Å². The van der Waals surface area contributed by atoms with Crippen molar-refractivity contribution in [3.05, 3.63) is 41.5 Å². The zero-order chi connectivity index (χ0) is 9.84. The monoisotopic (exact) mass is 176 g/mol. The molecular weight excluding hydrogens is 164 g/mol. The summed E-state index contributed by atoms with van der Waals surface area (Å²) < 4.78 is 0. The number of benzene rings is 1. The minimum absolute atomic E-state index is 0.396. The number of carbonyl (C=O) groups is 1. The molecule has 0 aliphatic rings. The van der Waals surface area contributed by atoms with E-state index >= 15 is 0 Å². The van der Waals surface area contributed by atoms with Crippen molar-refractivity contribution >= 4 is 11.6 Å². The summed E-state index contributed by atoms with van der Waals surface area (Å²) in [6.45, 7) is 1.98. The van der Waals surface area contributed by atoms with Crippen molar-refractivity contribution in [1.82, 2.24) is 0 Å². The molecule has 1 amide bonds. The molecule has 3 nitrogen and oxygen atoms in total. The Hall–Kier alpha value is -1.77. The Morgan fingerprint density at radius 1 is 1.23 bits per heavy atom. The van der Waals surface area contributed by atoms with Gasteiger partial charge < -0.3 is 11.5 Å². The first-order valence-electron chi connectivity index (χ1n) is 3.93. The third-order valence-electron chi connectivity index (χ3n) is 1.68. The lowest BCUT2D eigenvalue weighted by molar-refractivity contribution is -0.113. The maximum absolute atomic E-state index is 10.5. The Bertz CT molecular complexity index is 338. The molecule has 13 heavy (non-hydrogen) atoms. The Morgan fingerprint density at radius 2 is 1.77 bits per heavy atom. The summed E-state index contributed by atoms with van der Waals surface area (Å²) >= 11 is 0. The van der Waals surface area contributed by atoms with E-state index in [0.29, 0.717) is 5.70 Å². The normalized spacial score (nSPS) is 11.3. The number of hydrogen-bond donors (Lipinski definition) is 2. The van der Waals surface area contributed by atoms with Gasteiger partial charge in [-0.1, -0.05) is 29.8 Å². The summed E-state index contributed by atoms with van der Waals surface area (Å²) in [6, 6.07) is 7.56. The Kier molecular flexibility index (Phi) is 2.69. The van der Waals surface area contributed by atoms with E-state index in [2.05, 4.69) is 0 Å². The van der Waals surface area contributed by atoms with Gasteiger partial charge in [-0.2, -0.15) is 0 Å². The molecule has 1 aromatic carbocycles. The molecule has 0 saturated heterocycles. The fourth-order valence-electron chi connectivity index (χ4n) is 0.983. The van der Waals surface area contributed by atoms with Gasteiger partial charge in [0.15, 0.2) is 0 Å². The average Bonchev–Trinajstić information content (AvgIpc) is 2.04. The lowest BCUT2D eigenvalue weighted by Crippen LogP contribution is -2.09. The largest absolute Gasteiger partial charge is 0.398 e. The molecule has 0 spiro atoms. The van der Waals surface area contributed by atoms with E-state index in [4.69, 9.17) is 11.5 Å². The van der Waals surface area contributed by atoms with Crippen LogP contribution in [0.3, 0.4) is 0 Å². The number of nitrogens with two attached hydrogens (primary N) is 2. The second-order valence-electron chi connectivity index (χ2n) is 2.87. The van der Waals surface area contributed by atoms with E-state index in [9.17, 15) is 4.79 Å². The lowest BCUT2D eigenvalue weighted by Gasteiger charge is -2.00. The Labute approximate surface area is 77.0 Å². The molecule has 4 N–H and O–H groups in total. The van der Waals surface area contributed by atoms with E-state index in [1.54, 1.807) is 0 Å². The summed E-state index contributed by atoms with van der Waals surface area (Å²) in [7, 11) is 0. The van der Waals surface area contributed by atoms with Crippen LogP contribution in [0.4, 0.5) is 0 Å². The maximum Gasteiger partial charge on any atom is 0.243 e. The molecular formula is C10H12N2O. The van der Waals surface area contributed by atoms with Crippen LogP contribution in [0.15, 0.2) is 30.3 Å². The van der Waals surface area contributed by atoms with E-state index in [-0.39, 0.29) is 0 Å². The molecule has 0 aromatic heterocycles. The second kappa shape index (κ2) is 3.76. The summed E-state index contributed by atoms with van der Waals surface area (Å²) in [4.78, 5) is 10.5. The topological polar surface area (TPSA) is 69.1 Å². The predicted molar refractivity (Wildman–Crippen MR) is 52.5 cm³/mol. The zero-order valence-electron chi connectivity index (χ0n) is 7.45. The number of hydrogen-bond acceptors (Lipinski definition) is 2. The number of carbonyl (C=O) groups excluding carboxylic acids is 1. The van der Waals surface area contributed by atoms with Crippen LogP contribution in [0, 0.1) is 6.92 Å². The maximum atomic E-state index is 10.5. The summed E-state index contributed by atoms with van der Waals surface area (Å²) in [6.07, 6.45) is 1.21. The van der Waals surface area contributed by atoms with Gasteiger partial charge in [0, 0.05) is 11.8 Å². The molecule has 0 fully saturated rings. The highest BCUT2D eigenvalue weighted by atomic mass is 16.1. The van der Waals surface area contributed by atoms with Crippen LogP contribution in [0.25, 0.3) is 5.70 Å². The zero-order valence-corrected chi connectivity index (χ0v) is 7.45. The van der Waals surface area contributed by atoms with Crippen molar-refractivity contribution in [3.8, 4) is 0 Å². The molecule has 0 atom stereocenters. The van der Waals surface area contributed by atoms with Crippen molar-refractivity contribution in [3.63, 3.8) is 0 Å². The van der Waals surface area contributed by atoms with Gasteiger partial charge >= 0.3 is 0 Å². The third kappa shape index (κ3) is 2.63. The van der Waals surface area contributed by atoms with Crippen LogP contribution in [-0.2, 0) is 4.79 Å². The minimum Gasteiger partial charge on any atom is -0.398 e. The highest BCUT2D eigenvalue weighted by Crippen LogP contribution is 2.09. The number of aryl methyl sites for hydroxylation is 1. The number of primary amides is 1. The number of rotatable bonds is 2. The summed E-state index contributed by atoms with van der Waals surface area (Å²) in [5.74, 6) is -0.530. The fraction of sp³-hybridized carbons (Fsp3) is 0.100. The van der Waals surface area contributed by atoms with Crippen molar-refractivity contribution in [2.24, 2.45) is 11.5 Å². The van der Waals surface area contributed by atoms with Crippen LogP contribution in [0.2, 0.25) is 0 Å². The van der Waals surface area contributed by atoms with Crippen LogP contribution in [0.1, 0.15) is 11.1 Å². The molecule has 0 bridgehead atoms. The van der Waals surface area contributed by atoms with Gasteiger partial charge in [0.25, 0.3) is 0 Å². The SMILES string of the molecule is Cc1ccc(C(N)=CC(N)=O)cc1. The molecule has 0 heterocycles. The molecule has 1 rings (SSSR count). The molecule has 1 aromatic rings. The smallest absolute Gasteiger partial charge is 0.243 e. The van der Waals surface area contributed by atoms with Gasteiger partial charge in [-0.25, -0.2) is 0 Å². The highest BCUT2D eigenvalue weighted by molar-refractivity contribution is 5.93. The predicted octanol–water partition coefficient (Wildman–Crippen LogP) is 0.780. The van der Waals surface area contributed by atoms with E-state index in [0.717, 1.165) is 11.1 Å². The quantitative estimate of drug-likeness (QED) is 0.654. The second-order valence-corrected chi connectivity index (χ2v) is 2.87. The van der Waals surface area contributed by atoms with E-state index in [1.165, 1.54) is 6.08 Å². The fourth-order valence-corrected chi connectivity index (χ4v) is 0.983. The molecule has 68 valence electrons. The van der Waals surface area contributed by atoms with Gasteiger partial charge in [-0.15, -0.1) is 0 Å². The first-order chi connectivity index (χ1) is 6.09. The van der Waals surface area contributed by atoms with Crippen molar-refractivity contribution in [2.75, 3.05) is 0 Å². The average molecular weight is 176 g/mol. The van der Waals surface area contributed by atoms with Crippen LogP contribution >= 0.6 is 0 Å². The van der Waals surface area contributed by atoms with Gasteiger partial charge in [0.05, 0.1) is 0 Å². The van der Waals surface area contributed by atoms with E-state index < -0.39 is 5.91 Å². The standard InChI is InChI=1S/C10H12N2O/c1-7-2-4-8(5-3-7)9(11)6-10(12)13/h2-6H,11H2,1H3,(H2,12,13). The lowest BCUT2D eigenvalue weighted by atomic mass is 10.1. The van der Waals surface area contributed by atoms with Gasteiger partial charge in [0.2, 0.25) is 5.91 Å². The Balaban J connectivity index is 2.96. The first kappa shape index (κ1) is 9.32. The van der Waals surface area contributed by atoms with Gasteiger partial charge in [-0.3, -0.25) is 4.79 Å². The van der Waals surface area contributed by atoms with Crippen LogP contribution in [0.5, 0.6) is 0 Å². The molecule has 0 saturated carbocycles. The first-order valence-corrected chi connectivity index (χ1v) is 3.93. The molecule has 0 unspecified atom stereocenters. The third-order valence-corrected chi connectivity index (χ3v) is 1.68. The molecule has 0 aliphatic heterocycles. The van der Waals surface area contributed by atoms with Crippen LogP contribution < -0.4 is 11.5 Å². The summed E-state index contributed by atoms with van der Waals surface area (Å²) in [5.41, 5.74) is 12.9. The summed E-state index contributed by atoms with van der Waals surface area (Å²) in [5, 5.41) is 0. The molecule has 3 heteroatoms. The van der Waals surface area contributed by atoms with E-state index in [1.807, 2.05) is 31.2 Å². The molecule has 0 aliphatic carbocycles. The highest BCUT2D eigenvalue weighted by Gasteiger charge is 1.96. The number of amides is 1. The Morgan fingerprint density at radius 3 is 2.23 bits per heavy atom. The van der Waals surface area contributed by atoms with Crippen molar-refractivity contribution in [2.45, 2.75) is 6.92 Å². The minimum atomic E-state index is -0.530.